The van der Waals surface area contributed by atoms with Crippen molar-refractivity contribution in [3.63, 3.8) is 0 Å². The van der Waals surface area contributed by atoms with Crippen LogP contribution in [-0.2, 0) is 0 Å². The highest BCUT2D eigenvalue weighted by molar-refractivity contribution is 8.03. The number of fused-ring (bicyclic) bond motifs is 1. The summed E-state index contributed by atoms with van der Waals surface area (Å²) in [6.07, 6.45) is 2.23. The number of rotatable bonds is 2. The quantitative estimate of drug-likeness (QED) is 0.851. The summed E-state index contributed by atoms with van der Waals surface area (Å²) in [5.74, 6) is 0. The molecule has 3 rings (SSSR count). The average Bonchev–Trinajstić information content (AvgIpc) is 2.87. The summed E-state index contributed by atoms with van der Waals surface area (Å²) in [5, 5.41) is 0.962. The molecule has 0 spiro atoms. The van der Waals surface area contributed by atoms with Gasteiger partial charge in [-0.05, 0) is 37.5 Å². The maximum absolute atomic E-state index is 4.58. The van der Waals surface area contributed by atoms with Crippen molar-refractivity contribution in [2.45, 2.75) is 24.9 Å². The van der Waals surface area contributed by atoms with Crippen LogP contribution >= 0.6 is 11.8 Å². The maximum Gasteiger partial charge on any atom is 0.171 e. The van der Waals surface area contributed by atoms with Gasteiger partial charge in [0.2, 0.25) is 0 Å². The van der Waals surface area contributed by atoms with Gasteiger partial charge in [-0.1, -0.05) is 36.0 Å². The number of thioether (sulfide) groups is 1. The lowest BCUT2D eigenvalue weighted by molar-refractivity contribution is 1.01. The van der Waals surface area contributed by atoms with E-state index in [1.165, 1.54) is 16.1 Å². The molecule has 0 atom stereocenters. The summed E-state index contributed by atoms with van der Waals surface area (Å²) in [6, 6.07) is 8.11. The van der Waals surface area contributed by atoms with Gasteiger partial charge < -0.3 is 4.98 Å². The van der Waals surface area contributed by atoms with Gasteiger partial charge in [0, 0.05) is 4.91 Å². The molecule has 0 amide bonds. The van der Waals surface area contributed by atoms with Crippen LogP contribution in [0.25, 0.3) is 11.0 Å². The molecule has 0 fully saturated rings. The fourth-order valence-corrected chi connectivity index (χ4v) is 3.12. The highest BCUT2D eigenvalue weighted by Crippen LogP contribution is 2.40. The van der Waals surface area contributed by atoms with Crippen LogP contribution in [0, 0.1) is 0 Å². The molecule has 0 saturated carbocycles. The van der Waals surface area contributed by atoms with E-state index in [0.717, 1.165) is 29.0 Å². The Morgan fingerprint density at radius 1 is 1.29 bits per heavy atom. The summed E-state index contributed by atoms with van der Waals surface area (Å²) in [4.78, 5) is 9.23. The number of hydrogen-bond donors (Lipinski definition) is 1. The molecule has 2 aromatic rings. The fraction of sp³-hybridized carbons (Fsp3) is 0.214. The van der Waals surface area contributed by atoms with E-state index < -0.39 is 0 Å². The first-order valence-electron chi connectivity index (χ1n) is 5.74. The third kappa shape index (κ3) is 1.91. The number of nitrogens with one attached hydrogen (secondary N) is 1. The Balaban J connectivity index is 1.95. The molecule has 0 bridgehead atoms. The van der Waals surface area contributed by atoms with Crippen molar-refractivity contribution in [3.05, 3.63) is 46.9 Å². The van der Waals surface area contributed by atoms with Crippen LogP contribution in [0.1, 0.15) is 19.8 Å². The van der Waals surface area contributed by atoms with E-state index in [0.29, 0.717) is 0 Å². The summed E-state index contributed by atoms with van der Waals surface area (Å²) in [7, 11) is 0. The SMILES string of the molecule is C=C1CCC(C)=C1Sc1nc2ccccc2[nH]1. The Hall–Kier alpha value is -1.48. The Morgan fingerprint density at radius 2 is 2.12 bits per heavy atom. The third-order valence-corrected chi connectivity index (χ3v) is 4.30. The van der Waals surface area contributed by atoms with E-state index in [4.69, 9.17) is 0 Å². The first-order valence-corrected chi connectivity index (χ1v) is 6.56. The third-order valence-electron chi connectivity index (χ3n) is 3.08. The van der Waals surface area contributed by atoms with Crippen molar-refractivity contribution in [1.82, 2.24) is 9.97 Å². The Bertz CT molecular complexity index is 589. The van der Waals surface area contributed by atoms with Crippen LogP contribution in [0.5, 0.6) is 0 Å². The Kier molecular flexibility index (Phi) is 2.56. The molecule has 0 saturated heterocycles. The van der Waals surface area contributed by atoms with Gasteiger partial charge in [0.1, 0.15) is 0 Å². The average molecular weight is 242 g/mol. The predicted octanol–water partition coefficient (Wildman–Crippen LogP) is 4.28. The number of allylic oxidation sites excluding steroid dienone is 2. The van der Waals surface area contributed by atoms with Crippen LogP contribution < -0.4 is 0 Å². The number of hydrogen-bond acceptors (Lipinski definition) is 2. The lowest BCUT2D eigenvalue weighted by Gasteiger charge is -2.01. The molecule has 1 aromatic carbocycles. The number of aromatic amines is 1. The first-order chi connectivity index (χ1) is 8.24. The lowest BCUT2D eigenvalue weighted by Crippen LogP contribution is -1.80. The zero-order valence-corrected chi connectivity index (χ0v) is 10.6. The van der Waals surface area contributed by atoms with Crippen molar-refractivity contribution in [3.8, 4) is 0 Å². The van der Waals surface area contributed by atoms with Gasteiger partial charge in [-0.3, -0.25) is 0 Å². The molecule has 1 aliphatic carbocycles. The lowest BCUT2D eigenvalue weighted by atomic mass is 10.2. The van der Waals surface area contributed by atoms with Gasteiger partial charge >= 0.3 is 0 Å². The predicted molar refractivity (Wildman–Crippen MR) is 73.0 cm³/mol. The minimum atomic E-state index is 0.962. The van der Waals surface area contributed by atoms with E-state index in [-0.39, 0.29) is 0 Å². The molecule has 2 nitrogen and oxygen atoms in total. The molecule has 1 heterocycles. The maximum atomic E-state index is 4.58. The molecule has 86 valence electrons. The molecule has 0 radical (unpaired) electrons. The van der Waals surface area contributed by atoms with Gasteiger partial charge in [-0.15, -0.1) is 0 Å². The molecule has 1 aliphatic rings. The molecule has 0 unspecified atom stereocenters. The van der Waals surface area contributed by atoms with Crippen molar-refractivity contribution < 1.29 is 0 Å². The number of nitrogens with zero attached hydrogens (tertiary/aromatic N) is 1. The minimum absolute atomic E-state index is 0.962. The number of aromatic nitrogens is 2. The molecule has 1 N–H and O–H groups in total. The Morgan fingerprint density at radius 3 is 2.82 bits per heavy atom. The second-order valence-electron chi connectivity index (χ2n) is 4.37. The second kappa shape index (κ2) is 4.08. The van der Waals surface area contributed by atoms with Gasteiger partial charge in [-0.2, -0.15) is 0 Å². The molecule has 1 aromatic heterocycles. The zero-order valence-electron chi connectivity index (χ0n) is 9.79. The molecular weight excluding hydrogens is 228 g/mol. The molecule has 17 heavy (non-hydrogen) atoms. The zero-order chi connectivity index (χ0) is 11.8. The van der Waals surface area contributed by atoms with E-state index in [2.05, 4.69) is 29.5 Å². The highest BCUT2D eigenvalue weighted by Gasteiger charge is 2.17. The van der Waals surface area contributed by atoms with Crippen molar-refractivity contribution in [2.75, 3.05) is 0 Å². The molecule has 0 aliphatic heterocycles. The van der Waals surface area contributed by atoms with Gasteiger partial charge in [0.05, 0.1) is 11.0 Å². The number of H-pyrrole nitrogens is 1. The van der Waals surface area contributed by atoms with Crippen LogP contribution in [0.2, 0.25) is 0 Å². The second-order valence-corrected chi connectivity index (χ2v) is 5.37. The van der Waals surface area contributed by atoms with Crippen molar-refractivity contribution >= 4 is 22.8 Å². The number of para-hydroxylation sites is 2. The van der Waals surface area contributed by atoms with Gasteiger partial charge in [-0.25, -0.2) is 4.98 Å². The largest absolute Gasteiger partial charge is 0.333 e. The summed E-state index contributed by atoms with van der Waals surface area (Å²) in [6.45, 7) is 6.30. The van der Waals surface area contributed by atoms with Crippen LogP contribution in [0.4, 0.5) is 0 Å². The first kappa shape index (κ1) is 10.7. The van der Waals surface area contributed by atoms with E-state index in [1.54, 1.807) is 11.8 Å². The van der Waals surface area contributed by atoms with Crippen molar-refractivity contribution in [2.24, 2.45) is 0 Å². The normalized spacial score (nSPS) is 16.2. The van der Waals surface area contributed by atoms with E-state index >= 15 is 0 Å². The van der Waals surface area contributed by atoms with E-state index in [9.17, 15) is 0 Å². The Labute approximate surface area is 105 Å². The van der Waals surface area contributed by atoms with Gasteiger partial charge in [0.15, 0.2) is 5.16 Å². The highest BCUT2D eigenvalue weighted by atomic mass is 32.2. The van der Waals surface area contributed by atoms with E-state index in [1.807, 2.05) is 18.2 Å². The van der Waals surface area contributed by atoms with Gasteiger partial charge in [0.25, 0.3) is 0 Å². The number of benzene rings is 1. The topological polar surface area (TPSA) is 28.7 Å². The van der Waals surface area contributed by atoms with Crippen LogP contribution in [-0.4, -0.2) is 9.97 Å². The minimum Gasteiger partial charge on any atom is -0.333 e. The summed E-state index contributed by atoms with van der Waals surface area (Å²) < 4.78 is 0. The summed E-state index contributed by atoms with van der Waals surface area (Å²) in [5.41, 5.74) is 4.79. The van der Waals surface area contributed by atoms with Crippen LogP contribution in [0.15, 0.2) is 52.1 Å². The van der Waals surface area contributed by atoms with Crippen molar-refractivity contribution in [1.29, 1.82) is 0 Å². The monoisotopic (exact) mass is 242 g/mol. The smallest absolute Gasteiger partial charge is 0.171 e. The summed E-state index contributed by atoms with van der Waals surface area (Å²) >= 11 is 1.71. The standard InChI is InChI=1S/C14H14N2S/c1-9-7-8-10(2)13(9)17-14-15-11-5-3-4-6-12(11)16-14/h3-6H,1,7-8H2,2H3,(H,15,16). The molecular formula is C14H14N2S. The molecule has 3 heteroatoms. The fourth-order valence-electron chi connectivity index (χ4n) is 2.10. The van der Waals surface area contributed by atoms with Crippen LogP contribution in [0.3, 0.4) is 0 Å². The number of imidazole rings is 1.